The number of morpholine rings is 1. The van der Waals surface area contributed by atoms with Gasteiger partial charge in [-0.3, -0.25) is 14.5 Å². The minimum Gasteiger partial charge on any atom is -0.381 e. The largest absolute Gasteiger partial charge is 0.381 e. The number of hydrogen-bond acceptors (Lipinski definition) is 5. The van der Waals surface area contributed by atoms with E-state index in [0.717, 1.165) is 65.1 Å². The molecule has 0 spiro atoms. The van der Waals surface area contributed by atoms with Crippen LogP contribution in [0.2, 0.25) is 0 Å². The number of hydrogen-bond donors (Lipinski definition) is 0. The van der Waals surface area contributed by atoms with Gasteiger partial charge < -0.3 is 9.47 Å². The van der Waals surface area contributed by atoms with Crippen LogP contribution in [0, 0.1) is 5.92 Å². The smallest absolute Gasteiger partial charge is 0.0594 e. The number of aryl methyl sites for hydroxylation is 1. The summed E-state index contributed by atoms with van der Waals surface area (Å²) in [5.41, 5.74) is 1.37. The summed E-state index contributed by atoms with van der Waals surface area (Å²) in [5.74, 6) is 0.778. The molecule has 1 aromatic heterocycles. The van der Waals surface area contributed by atoms with E-state index in [0.29, 0.717) is 6.04 Å². The molecule has 0 aliphatic carbocycles. The molecule has 0 amide bonds. The summed E-state index contributed by atoms with van der Waals surface area (Å²) in [6.45, 7) is 10.2. The molecule has 0 bridgehead atoms. The second-order valence-corrected chi connectivity index (χ2v) is 7.39. The number of ether oxygens (including phenoxy) is 2. The Morgan fingerprint density at radius 2 is 1.75 bits per heavy atom. The Bertz CT molecular complexity index is 509. The molecule has 1 unspecified atom stereocenters. The van der Waals surface area contributed by atoms with Crippen LogP contribution in [0.15, 0.2) is 12.3 Å². The molecule has 4 rings (SSSR count). The first-order valence-corrected chi connectivity index (χ1v) is 9.51. The second-order valence-electron chi connectivity index (χ2n) is 7.39. The van der Waals surface area contributed by atoms with Crippen LogP contribution in [0.4, 0.5) is 0 Å². The van der Waals surface area contributed by atoms with E-state index in [9.17, 15) is 0 Å². The Hall–Kier alpha value is -0.950. The van der Waals surface area contributed by atoms with Crippen LogP contribution < -0.4 is 0 Å². The van der Waals surface area contributed by atoms with E-state index in [1.807, 2.05) is 6.20 Å². The lowest BCUT2D eigenvalue weighted by atomic mass is 9.98. The number of fused-ring (bicyclic) bond motifs is 1. The predicted octanol–water partition coefficient (Wildman–Crippen LogP) is 1.22. The quantitative estimate of drug-likeness (QED) is 0.828. The van der Waals surface area contributed by atoms with E-state index in [1.165, 1.54) is 31.5 Å². The van der Waals surface area contributed by atoms with Crippen molar-refractivity contribution >= 4 is 0 Å². The van der Waals surface area contributed by atoms with Crippen molar-refractivity contribution in [1.29, 1.82) is 0 Å². The van der Waals surface area contributed by atoms with Crippen molar-refractivity contribution in [3.05, 3.63) is 18.0 Å². The van der Waals surface area contributed by atoms with Crippen molar-refractivity contribution in [1.82, 2.24) is 19.6 Å². The zero-order chi connectivity index (χ0) is 16.2. The molecule has 134 valence electrons. The fourth-order valence-corrected chi connectivity index (χ4v) is 4.25. The zero-order valence-electron chi connectivity index (χ0n) is 14.6. The van der Waals surface area contributed by atoms with E-state index in [4.69, 9.17) is 9.47 Å². The Balaban J connectivity index is 1.44. The molecule has 2 fully saturated rings. The van der Waals surface area contributed by atoms with Gasteiger partial charge in [0.2, 0.25) is 0 Å². The molecule has 4 heterocycles. The highest BCUT2D eigenvalue weighted by Crippen LogP contribution is 2.23. The zero-order valence-corrected chi connectivity index (χ0v) is 14.6. The summed E-state index contributed by atoms with van der Waals surface area (Å²) in [7, 11) is 0. The average Bonchev–Trinajstić information content (AvgIpc) is 3.01. The average molecular weight is 334 g/mol. The molecular formula is C18H30N4O2. The van der Waals surface area contributed by atoms with E-state index in [-0.39, 0.29) is 0 Å². The van der Waals surface area contributed by atoms with E-state index >= 15 is 0 Å². The summed E-state index contributed by atoms with van der Waals surface area (Å²) >= 11 is 0. The third-order valence-corrected chi connectivity index (χ3v) is 5.77. The lowest BCUT2D eigenvalue weighted by Crippen LogP contribution is -2.48. The van der Waals surface area contributed by atoms with E-state index in [1.54, 1.807) is 0 Å². The fraction of sp³-hybridized carbons (Fsp3) is 0.833. The topological polar surface area (TPSA) is 42.8 Å². The van der Waals surface area contributed by atoms with Crippen LogP contribution in [0.25, 0.3) is 0 Å². The van der Waals surface area contributed by atoms with Crippen molar-refractivity contribution < 1.29 is 9.47 Å². The van der Waals surface area contributed by atoms with Gasteiger partial charge in [0.05, 0.1) is 18.9 Å². The normalized spacial score (nSPS) is 27.8. The van der Waals surface area contributed by atoms with Gasteiger partial charge in [0.15, 0.2) is 0 Å². The van der Waals surface area contributed by atoms with E-state index in [2.05, 4.69) is 25.6 Å². The molecule has 6 nitrogen and oxygen atoms in total. The van der Waals surface area contributed by atoms with Gasteiger partial charge in [-0.25, -0.2) is 0 Å². The van der Waals surface area contributed by atoms with Gasteiger partial charge in [0.1, 0.15) is 0 Å². The minimum atomic E-state index is 0.618. The maximum atomic E-state index is 5.55. The van der Waals surface area contributed by atoms with Crippen molar-refractivity contribution in [3.63, 3.8) is 0 Å². The lowest BCUT2D eigenvalue weighted by molar-refractivity contribution is 0.0107. The van der Waals surface area contributed by atoms with Gasteiger partial charge in [-0.05, 0) is 31.2 Å². The molecule has 0 aromatic carbocycles. The van der Waals surface area contributed by atoms with E-state index < -0.39 is 0 Å². The first-order chi connectivity index (χ1) is 11.9. The van der Waals surface area contributed by atoms with Gasteiger partial charge in [-0.15, -0.1) is 0 Å². The van der Waals surface area contributed by atoms with Crippen LogP contribution in [0.3, 0.4) is 0 Å². The van der Waals surface area contributed by atoms with Crippen molar-refractivity contribution in [2.75, 3.05) is 52.6 Å². The fourth-order valence-electron chi connectivity index (χ4n) is 4.25. The summed E-state index contributed by atoms with van der Waals surface area (Å²) in [4.78, 5) is 5.31. The van der Waals surface area contributed by atoms with Gasteiger partial charge >= 0.3 is 0 Å². The van der Waals surface area contributed by atoms with Gasteiger partial charge in [0.25, 0.3) is 0 Å². The second kappa shape index (κ2) is 7.95. The van der Waals surface area contributed by atoms with Crippen LogP contribution in [0.5, 0.6) is 0 Å². The Morgan fingerprint density at radius 1 is 0.958 bits per heavy atom. The SMILES string of the molecule is c1cc2n(n1)CCC(CN1CCOCC1)N(CC1CCOCC1)C2. The first-order valence-electron chi connectivity index (χ1n) is 9.51. The summed E-state index contributed by atoms with van der Waals surface area (Å²) in [5, 5.41) is 4.52. The van der Waals surface area contributed by atoms with Crippen LogP contribution in [-0.2, 0) is 22.6 Å². The van der Waals surface area contributed by atoms with Crippen LogP contribution >= 0.6 is 0 Å². The van der Waals surface area contributed by atoms with Gasteiger partial charge in [-0.2, -0.15) is 5.10 Å². The van der Waals surface area contributed by atoms with Gasteiger partial charge in [-0.1, -0.05) is 0 Å². The maximum Gasteiger partial charge on any atom is 0.0594 e. The Kier molecular flexibility index (Phi) is 5.47. The van der Waals surface area contributed by atoms with Crippen molar-refractivity contribution in [3.8, 4) is 0 Å². The Labute approximate surface area is 144 Å². The third kappa shape index (κ3) is 3.99. The summed E-state index contributed by atoms with van der Waals surface area (Å²) in [6, 6.07) is 2.81. The minimum absolute atomic E-state index is 0.618. The van der Waals surface area contributed by atoms with Crippen molar-refractivity contribution in [2.45, 2.75) is 38.4 Å². The lowest BCUT2D eigenvalue weighted by Gasteiger charge is -2.38. The molecule has 2 saturated heterocycles. The highest BCUT2D eigenvalue weighted by Gasteiger charge is 2.29. The number of rotatable bonds is 4. The molecular weight excluding hydrogens is 304 g/mol. The molecule has 0 saturated carbocycles. The molecule has 0 N–H and O–H groups in total. The molecule has 0 radical (unpaired) electrons. The molecule has 3 aliphatic rings. The van der Waals surface area contributed by atoms with Crippen molar-refractivity contribution in [2.24, 2.45) is 5.92 Å². The number of aromatic nitrogens is 2. The molecule has 6 heteroatoms. The Morgan fingerprint density at radius 3 is 2.58 bits per heavy atom. The molecule has 1 aromatic rings. The molecule has 3 aliphatic heterocycles. The maximum absolute atomic E-state index is 5.55. The predicted molar refractivity (Wildman–Crippen MR) is 91.8 cm³/mol. The standard InChI is InChI=1S/C18H30N4O2/c1-5-19-22-6-2-17(14-20-7-11-24-12-8-20)21(15-18(1)22)13-16-3-9-23-10-4-16/h1,5,16-17H,2-4,6-15H2. The number of nitrogens with zero attached hydrogens (tertiary/aromatic N) is 4. The molecule has 1 atom stereocenters. The highest BCUT2D eigenvalue weighted by atomic mass is 16.5. The van der Waals surface area contributed by atoms with Gasteiger partial charge in [0, 0.05) is 64.7 Å². The summed E-state index contributed by atoms with van der Waals surface area (Å²) < 4.78 is 13.3. The van der Waals surface area contributed by atoms with Crippen LogP contribution in [-0.4, -0.2) is 78.2 Å². The third-order valence-electron chi connectivity index (χ3n) is 5.77. The van der Waals surface area contributed by atoms with Crippen LogP contribution in [0.1, 0.15) is 25.0 Å². The monoisotopic (exact) mass is 334 g/mol. The molecule has 24 heavy (non-hydrogen) atoms. The first kappa shape index (κ1) is 16.5. The summed E-state index contributed by atoms with van der Waals surface area (Å²) in [6.07, 6.45) is 5.56. The highest BCUT2D eigenvalue weighted by molar-refractivity contribution is 5.03.